The van der Waals surface area contributed by atoms with Crippen LogP contribution in [0.1, 0.15) is 77.0 Å². The molecule has 0 aromatic rings. The molecular formula is C19H30BNO2. The van der Waals surface area contributed by atoms with E-state index >= 15 is 0 Å². The minimum Gasteiger partial charge on any atom is -0.405 e. The third-order valence-corrected chi connectivity index (χ3v) is 6.98. The Morgan fingerprint density at radius 2 is 1.22 bits per heavy atom. The van der Waals surface area contributed by atoms with Crippen LogP contribution in [-0.2, 0) is 9.31 Å². The highest BCUT2D eigenvalue weighted by Crippen LogP contribution is 2.48. The molecule has 0 aromatic carbocycles. The Morgan fingerprint density at radius 3 is 1.61 bits per heavy atom. The van der Waals surface area contributed by atoms with E-state index in [1.165, 1.54) is 64.2 Å². The van der Waals surface area contributed by atoms with Gasteiger partial charge in [-0.3, -0.25) is 0 Å². The molecule has 0 spiro atoms. The van der Waals surface area contributed by atoms with Gasteiger partial charge in [-0.1, -0.05) is 38.5 Å². The summed E-state index contributed by atoms with van der Waals surface area (Å²) >= 11 is 0. The van der Waals surface area contributed by atoms with Crippen LogP contribution in [0.5, 0.6) is 0 Å². The van der Waals surface area contributed by atoms with Gasteiger partial charge < -0.3 is 9.31 Å². The zero-order valence-corrected chi connectivity index (χ0v) is 14.3. The van der Waals surface area contributed by atoms with E-state index < -0.39 is 0 Å². The van der Waals surface area contributed by atoms with Crippen LogP contribution in [0.15, 0.2) is 0 Å². The topological polar surface area (TPSA) is 42.2 Å². The Hall–Kier alpha value is -0.525. The molecule has 1 heterocycles. The standard InChI is InChI=1S/C19H30BNO2/c21-13-16-11-12-17(16)20-22-18(14-7-3-1-4-8-14)19(23-20)15-9-5-2-6-10-15/h14-19H,1-12H2/t16-,17+,18+,19+/m0/s1. The average molecular weight is 315 g/mol. The molecule has 23 heavy (non-hydrogen) atoms. The highest BCUT2D eigenvalue weighted by atomic mass is 16.7. The molecular weight excluding hydrogens is 285 g/mol. The molecule has 4 rings (SSSR count). The summed E-state index contributed by atoms with van der Waals surface area (Å²) in [6.07, 6.45) is 16.2. The van der Waals surface area contributed by atoms with Gasteiger partial charge >= 0.3 is 7.12 Å². The Kier molecular flexibility index (Phi) is 4.97. The largest absolute Gasteiger partial charge is 0.462 e. The molecule has 126 valence electrons. The monoisotopic (exact) mass is 315 g/mol. The van der Waals surface area contributed by atoms with Gasteiger partial charge in [-0.25, -0.2) is 0 Å². The molecule has 0 radical (unpaired) electrons. The zero-order valence-electron chi connectivity index (χ0n) is 14.3. The molecule has 0 amide bonds. The van der Waals surface area contributed by atoms with Crippen molar-refractivity contribution in [2.24, 2.45) is 17.8 Å². The van der Waals surface area contributed by atoms with E-state index in [2.05, 4.69) is 6.07 Å². The highest BCUT2D eigenvalue weighted by molar-refractivity contribution is 6.47. The summed E-state index contributed by atoms with van der Waals surface area (Å²) in [6.45, 7) is 0. The van der Waals surface area contributed by atoms with Gasteiger partial charge in [0.1, 0.15) is 0 Å². The molecule has 4 heteroatoms. The number of nitriles is 1. The first-order chi connectivity index (χ1) is 11.4. The van der Waals surface area contributed by atoms with Crippen LogP contribution < -0.4 is 0 Å². The first-order valence-corrected chi connectivity index (χ1v) is 10.1. The molecule has 1 aliphatic heterocycles. The third kappa shape index (κ3) is 3.20. The van der Waals surface area contributed by atoms with Crippen molar-refractivity contribution < 1.29 is 9.31 Å². The number of hydrogen-bond acceptors (Lipinski definition) is 3. The lowest BCUT2D eigenvalue weighted by molar-refractivity contribution is 0.0324. The predicted octanol–water partition coefficient (Wildman–Crippen LogP) is 4.72. The first-order valence-electron chi connectivity index (χ1n) is 10.1. The highest BCUT2D eigenvalue weighted by Gasteiger charge is 2.53. The maximum absolute atomic E-state index is 9.28. The van der Waals surface area contributed by atoms with Crippen LogP contribution in [0.2, 0.25) is 5.82 Å². The third-order valence-electron chi connectivity index (χ3n) is 6.98. The second kappa shape index (κ2) is 7.15. The van der Waals surface area contributed by atoms with Crippen LogP contribution in [-0.4, -0.2) is 19.3 Å². The van der Waals surface area contributed by atoms with E-state index in [1.54, 1.807) is 0 Å². The van der Waals surface area contributed by atoms with Gasteiger partial charge in [0, 0.05) is 11.7 Å². The molecule has 0 unspecified atom stereocenters. The quantitative estimate of drug-likeness (QED) is 0.708. The van der Waals surface area contributed by atoms with Gasteiger partial charge in [0.15, 0.2) is 0 Å². The van der Waals surface area contributed by atoms with E-state index in [-0.39, 0.29) is 13.0 Å². The Labute approximate surface area is 141 Å². The van der Waals surface area contributed by atoms with E-state index in [0.29, 0.717) is 29.9 Å². The SMILES string of the molecule is N#C[C@@H]1CC[C@H]1B1O[C@H](C2CCCCC2)[C@@H](C2CCCCC2)O1. The Bertz CT molecular complexity index is 413. The van der Waals surface area contributed by atoms with Crippen molar-refractivity contribution in [3.05, 3.63) is 0 Å². The van der Waals surface area contributed by atoms with Crippen molar-refractivity contribution in [3.63, 3.8) is 0 Å². The number of nitrogens with zero attached hydrogens (tertiary/aromatic N) is 1. The zero-order chi connectivity index (χ0) is 15.6. The summed E-state index contributed by atoms with van der Waals surface area (Å²) < 4.78 is 13.1. The van der Waals surface area contributed by atoms with Crippen molar-refractivity contribution >= 4 is 7.12 Å². The van der Waals surface area contributed by atoms with Crippen LogP contribution in [0.4, 0.5) is 0 Å². The molecule has 0 N–H and O–H groups in total. The lowest BCUT2D eigenvalue weighted by Gasteiger charge is -2.35. The minimum absolute atomic E-state index is 0.0905. The average Bonchev–Trinajstić information content (AvgIpc) is 3.00. The first kappa shape index (κ1) is 16.0. The molecule has 4 aliphatic rings. The van der Waals surface area contributed by atoms with Crippen molar-refractivity contribution in [1.82, 2.24) is 0 Å². The molecule has 0 aromatic heterocycles. The van der Waals surface area contributed by atoms with E-state index in [4.69, 9.17) is 9.31 Å². The summed E-state index contributed by atoms with van der Waals surface area (Å²) in [4.78, 5) is 0. The van der Waals surface area contributed by atoms with Crippen LogP contribution in [0.25, 0.3) is 0 Å². The van der Waals surface area contributed by atoms with E-state index in [9.17, 15) is 5.26 Å². The Morgan fingerprint density at radius 1 is 0.696 bits per heavy atom. The van der Waals surface area contributed by atoms with Crippen molar-refractivity contribution in [3.8, 4) is 6.07 Å². The normalized spacial score (nSPS) is 39.9. The molecule has 1 saturated heterocycles. The summed E-state index contributed by atoms with van der Waals surface area (Å²) in [6, 6.07) is 2.46. The fraction of sp³-hybridized carbons (Fsp3) is 0.947. The maximum Gasteiger partial charge on any atom is 0.462 e. The molecule has 4 fully saturated rings. The fourth-order valence-electron chi connectivity index (χ4n) is 5.39. The van der Waals surface area contributed by atoms with Crippen LogP contribution in [0.3, 0.4) is 0 Å². The summed E-state index contributed by atoms with van der Waals surface area (Å²) in [5.41, 5.74) is 0. The van der Waals surface area contributed by atoms with Gasteiger partial charge in [-0.05, 0) is 50.4 Å². The van der Waals surface area contributed by atoms with Crippen LogP contribution >= 0.6 is 0 Å². The van der Waals surface area contributed by atoms with Gasteiger partial charge in [-0.15, -0.1) is 0 Å². The van der Waals surface area contributed by atoms with Crippen molar-refractivity contribution in [2.75, 3.05) is 0 Å². The molecule has 0 bridgehead atoms. The second-order valence-corrected chi connectivity index (χ2v) is 8.34. The summed E-state index contributed by atoms with van der Waals surface area (Å²) in [5.74, 6) is 1.89. The number of hydrogen-bond donors (Lipinski definition) is 0. The lowest BCUT2D eigenvalue weighted by atomic mass is 9.55. The Balaban J connectivity index is 1.47. The summed E-state index contributed by atoms with van der Waals surface area (Å²) in [7, 11) is -0.0905. The number of rotatable bonds is 3. The van der Waals surface area contributed by atoms with Crippen molar-refractivity contribution in [1.29, 1.82) is 5.26 Å². The lowest BCUT2D eigenvalue weighted by Crippen LogP contribution is -2.38. The molecule has 3 nitrogen and oxygen atoms in total. The van der Waals surface area contributed by atoms with E-state index in [1.807, 2.05) is 0 Å². The van der Waals surface area contributed by atoms with Gasteiger partial charge in [0.2, 0.25) is 0 Å². The van der Waals surface area contributed by atoms with E-state index in [0.717, 1.165) is 12.8 Å². The predicted molar refractivity (Wildman–Crippen MR) is 90.7 cm³/mol. The summed E-state index contributed by atoms with van der Waals surface area (Å²) in [5, 5.41) is 9.28. The second-order valence-electron chi connectivity index (χ2n) is 8.34. The molecule has 4 atom stereocenters. The van der Waals surface area contributed by atoms with Gasteiger partial charge in [0.25, 0.3) is 0 Å². The maximum atomic E-state index is 9.28. The molecule has 3 saturated carbocycles. The fourth-order valence-corrected chi connectivity index (χ4v) is 5.39. The van der Waals surface area contributed by atoms with Gasteiger partial charge in [0.05, 0.1) is 18.3 Å². The minimum atomic E-state index is -0.0905. The van der Waals surface area contributed by atoms with Gasteiger partial charge in [-0.2, -0.15) is 5.26 Å². The van der Waals surface area contributed by atoms with Crippen molar-refractivity contribution in [2.45, 2.75) is 95.1 Å². The van der Waals surface area contributed by atoms with Crippen LogP contribution in [0, 0.1) is 29.1 Å². The molecule has 3 aliphatic carbocycles. The smallest absolute Gasteiger partial charge is 0.405 e.